The van der Waals surface area contributed by atoms with Gasteiger partial charge in [-0.15, -0.1) is 0 Å². The highest BCUT2D eigenvalue weighted by atomic mass is 16.5. The minimum Gasteiger partial charge on any atom is -0.479 e. The predicted octanol–water partition coefficient (Wildman–Crippen LogP) is 3.39. The Balaban J connectivity index is 2.27. The van der Waals surface area contributed by atoms with Gasteiger partial charge in [-0.2, -0.15) is 0 Å². The standard InChI is InChI=1S/C16H27N3O/c1-11-7-6-8-13(12(11)2)18-15-14(19(3)4)9-10-17-16(15)20-5/h9-13,18H,6-8H2,1-5H3. The molecule has 1 aromatic heterocycles. The summed E-state index contributed by atoms with van der Waals surface area (Å²) in [6.07, 6.45) is 5.65. The van der Waals surface area contributed by atoms with Gasteiger partial charge in [0, 0.05) is 26.3 Å². The molecule has 1 N–H and O–H groups in total. The average molecular weight is 277 g/mol. The molecule has 0 saturated heterocycles. The molecule has 0 aromatic carbocycles. The Labute approximate surface area is 122 Å². The lowest BCUT2D eigenvalue weighted by atomic mass is 9.78. The van der Waals surface area contributed by atoms with Gasteiger partial charge in [0.1, 0.15) is 5.69 Å². The van der Waals surface area contributed by atoms with Crippen molar-refractivity contribution in [2.24, 2.45) is 11.8 Å². The molecule has 4 nitrogen and oxygen atoms in total. The predicted molar refractivity (Wildman–Crippen MR) is 84.7 cm³/mol. The summed E-state index contributed by atoms with van der Waals surface area (Å²) in [6, 6.07) is 2.53. The van der Waals surface area contributed by atoms with Gasteiger partial charge in [0.05, 0.1) is 12.8 Å². The van der Waals surface area contributed by atoms with Crippen LogP contribution >= 0.6 is 0 Å². The summed E-state index contributed by atoms with van der Waals surface area (Å²) >= 11 is 0. The number of hydrogen-bond donors (Lipinski definition) is 1. The number of nitrogens with one attached hydrogen (secondary N) is 1. The highest BCUT2D eigenvalue weighted by Gasteiger charge is 2.28. The van der Waals surface area contributed by atoms with Gasteiger partial charge in [-0.3, -0.25) is 0 Å². The molecule has 3 atom stereocenters. The van der Waals surface area contributed by atoms with Crippen LogP contribution in [0.1, 0.15) is 33.1 Å². The molecule has 0 bridgehead atoms. The number of pyridine rings is 1. The van der Waals surface area contributed by atoms with Gasteiger partial charge in [-0.1, -0.05) is 26.7 Å². The minimum atomic E-state index is 0.496. The quantitative estimate of drug-likeness (QED) is 0.915. The fourth-order valence-electron chi connectivity index (χ4n) is 3.07. The van der Waals surface area contributed by atoms with Gasteiger partial charge in [0.2, 0.25) is 5.88 Å². The van der Waals surface area contributed by atoms with E-state index in [0.29, 0.717) is 17.8 Å². The van der Waals surface area contributed by atoms with E-state index in [1.165, 1.54) is 19.3 Å². The highest BCUT2D eigenvalue weighted by Crippen LogP contribution is 2.37. The Hall–Kier alpha value is -1.45. The molecule has 2 rings (SSSR count). The summed E-state index contributed by atoms with van der Waals surface area (Å²) in [5, 5.41) is 3.70. The monoisotopic (exact) mass is 277 g/mol. The van der Waals surface area contributed by atoms with Crippen molar-refractivity contribution in [3.05, 3.63) is 12.3 Å². The number of ether oxygens (including phenoxy) is 1. The second-order valence-corrected chi connectivity index (χ2v) is 6.13. The van der Waals surface area contributed by atoms with E-state index in [1.807, 2.05) is 20.2 Å². The molecule has 0 spiro atoms. The first kappa shape index (κ1) is 14.9. The molecule has 1 heterocycles. The largest absolute Gasteiger partial charge is 0.479 e. The zero-order valence-corrected chi connectivity index (χ0v) is 13.3. The van der Waals surface area contributed by atoms with Crippen molar-refractivity contribution < 1.29 is 4.74 Å². The molecule has 1 saturated carbocycles. The molecule has 112 valence electrons. The Kier molecular flexibility index (Phi) is 4.73. The van der Waals surface area contributed by atoms with Crippen molar-refractivity contribution in [3.63, 3.8) is 0 Å². The third kappa shape index (κ3) is 3.00. The Bertz CT molecular complexity index is 447. The van der Waals surface area contributed by atoms with Crippen molar-refractivity contribution in [1.29, 1.82) is 0 Å². The van der Waals surface area contributed by atoms with Gasteiger partial charge in [0.25, 0.3) is 0 Å². The third-order valence-electron chi connectivity index (χ3n) is 4.61. The molecule has 0 amide bonds. The van der Waals surface area contributed by atoms with Crippen LogP contribution in [0, 0.1) is 11.8 Å². The number of hydrogen-bond acceptors (Lipinski definition) is 4. The maximum absolute atomic E-state index is 5.44. The van der Waals surface area contributed by atoms with Gasteiger partial charge in [-0.05, 0) is 24.3 Å². The number of aromatic nitrogens is 1. The maximum atomic E-state index is 5.44. The van der Waals surface area contributed by atoms with Crippen LogP contribution in [-0.2, 0) is 0 Å². The van der Waals surface area contributed by atoms with Gasteiger partial charge < -0.3 is 15.0 Å². The van der Waals surface area contributed by atoms with E-state index in [4.69, 9.17) is 4.74 Å². The van der Waals surface area contributed by atoms with Crippen LogP contribution in [0.15, 0.2) is 12.3 Å². The van der Waals surface area contributed by atoms with Crippen molar-refractivity contribution in [2.75, 3.05) is 31.4 Å². The third-order valence-corrected chi connectivity index (χ3v) is 4.61. The van der Waals surface area contributed by atoms with Crippen LogP contribution in [0.2, 0.25) is 0 Å². The smallest absolute Gasteiger partial charge is 0.239 e. The Morgan fingerprint density at radius 3 is 2.70 bits per heavy atom. The number of methoxy groups -OCH3 is 1. The van der Waals surface area contributed by atoms with E-state index in [9.17, 15) is 0 Å². The van der Waals surface area contributed by atoms with E-state index >= 15 is 0 Å². The molecule has 20 heavy (non-hydrogen) atoms. The molecule has 0 aliphatic heterocycles. The fraction of sp³-hybridized carbons (Fsp3) is 0.688. The van der Waals surface area contributed by atoms with E-state index in [1.54, 1.807) is 13.3 Å². The molecule has 1 aliphatic rings. The second-order valence-electron chi connectivity index (χ2n) is 6.13. The summed E-state index contributed by atoms with van der Waals surface area (Å²) in [5.41, 5.74) is 2.15. The van der Waals surface area contributed by atoms with Crippen molar-refractivity contribution >= 4 is 11.4 Å². The number of rotatable bonds is 4. The zero-order valence-electron chi connectivity index (χ0n) is 13.3. The van der Waals surface area contributed by atoms with Crippen LogP contribution in [0.4, 0.5) is 11.4 Å². The lowest BCUT2D eigenvalue weighted by Gasteiger charge is -2.36. The minimum absolute atomic E-state index is 0.496. The van der Waals surface area contributed by atoms with Crippen LogP contribution in [0.25, 0.3) is 0 Å². The summed E-state index contributed by atoms with van der Waals surface area (Å²) in [5.74, 6) is 2.12. The summed E-state index contributed by atoms with van der Waals surface area (Å²) in [6.45, 7) is 4.70. The Morgan fingerprint density at radius 1 is 1.30 bits per heavy atom. The van der Waals surface area contributed by atoms with E-state index in [-0.39, 0.29) is 0 Å². The van der Waals surface area contributed by atoms with Crippen LogP contribution in [0.3, 0.4) is 0 Å². The van der Waals surface area contributed by atoms with Crippen LogP contribution in [0.5, 0.6) is 5.88 Å². The topological polar surface area (TPSA) is 37.4 Å². The first-order valence-corrected chi connectivity index (χ1v) is 7.51. The van der Waals surface area contributed by atoms with Crippen molar-refractivity contribution in [3.8, 4) is 5.88 Å². The first-order chi connectivity index (χ1) is 9.54. The summed E-state index contributed by atoms with van der Waals surface area (Å²) in [4.78, 5) is 6.44. The lowest BCUT2D eigenvalue weighted by Crippen LogP contribution is -2.35. The summed E-state index contributed by atoms with van der Waals surface area (Å²) < 4.78 is 5.44. The molecule has 1 aromatic rings. The average Bonchev–Trinajstić information content (AvgIpc) is 2.43. The van der Waals surface area contributed by atoms with Crippen molar-refractivity contribution in [1.82, 2.24) is 4.98 Å². The Morgan fingerprint density at radius 2 is 2.05 bits per heavy atom. The SMILES string of the molecule is COc1nccc(N(C)C)c1NC1CCCC(C)C1C. The first-order valence-electron chi connectivity index (χ1n) is 7.51. The molecule has 1 fully saturated rings. The molecule has 4 heteroatoms. The van der Waals surface area contributed by atoms with Gasteiger partial charge in [-0.25, -0.2) is 4.98 Å². The zero-order chi connectivity index (χ0) is 14.7. The van der Waals surface area contributed by atoms with Gasteiger partial charge in [0.15, 0.2) is 0 Å². The molecule has 3 unspecified atom stereocenters. The van der Waals surface area contributed by atoms with Crippen molar-refractivity contribution in [2.45, 2.75) is 39.2 Å². The molecule has 1 aliphatic carbocycles. The molecular formula is C16H27N3O. The number of anilines is 2. The van der Waals surface area contributed by atoms with Gasteiger partial charge >= 0.3 is 0 Å². The maximum Gasteiger partial charge on any atom is 0.239 e. The van der Waals surface area contributed by atoms with E-state index in [2.05, 4.69) is 29.0 Å². The van der Waals surface area contributed by atoms with Crippen LogP contribution < -0.4 is 15.0 Å². The lowest BCUT2D eigenvalue weighted by molar-refractivity contribution is 0.252. The summed E-state index contributed by atoms with van der Waals surface area (Å²) in [7, 11) is 5.78. The fourth-order valence-corrected chi connectivity index (χ4v) is 3.07. The molecule has 0 radical (unpaired) electrons. The molecular weight excluding hydrogens is 250 g/mol. The van der Waals surface area contributed by atoms with E-state index in [0.717, 1.165) is 17.3 Å². The van der Waals surface area contributed by atoms with Crippen LogP contribution in [-0.4, -0.2) is 32.2 Å². The van der Waals surface area contributed by atoms with E-state index < -0.39 is 0 Å². The normalized spacial score (nSPS) is 26.1. The number of nitrogens with zero attached hydrogens (tertiary/aromatic N) is 2. The highest BCUT2D eigenvalue weighted by molar-refractivity contribution is 5.74. The second kappa shape index (κ2) is 6.33.